The molecule has 0 aromatic rings. The Balaban J connectivity index is 1.83. The first kappa shape index (κ1) is 14.1. The molecule has 3 heteroatoms. The molecule has 2 fully saturated rings. The lowest BCUT2D eigenvalue weighted by molar-refractivity contribution is 0.301. The molecule has 0 bridgehead atoms. The highest BCUT2D eigenvalue weighted by Gasteiger charge is 2.33. The lowest BCUT2D eigenvalue weighted by Gasteiger charge is -2.37. The Labute approximate surface area is 115 Å². The Morgan fingerprint density at radius 3 is 2.88 bits per heavy atom. The summed E-state index contributed by atoms with van der Waals surface area (Å²) in [5.41, 5.74) is 0.534. The van der Waals surface area contributed by atoms with E-state index < -0.39 is 0 Å². The summed E-state index contributed by atoms with van der Waals surface area (Å²) in [5, 5.41) is 4.85. The summed E-state index contributed by atoms with van der Waals surface area (Å²) >= 11 is 4.30. The SMILES string of the molecule is CCSC1CCCC1NC1CSCC(C)(C)C1. The molecule has 1 heterocycles. The van der Waals surface area contributed by atoms with Crippen LogP contribution in [0.15, 0.2) is 0 Å². The van der Waals surface area contributed by atoms with Gasteiger partial charge in [0.1, 0.15) is 0 Å². The van der Waals surface area contributed by atoms with Gasteiger partial charge in [0.2, 0.25) is 0 Å². The Hall–Kier alpha value is 0.660. The van der Waals surface area contributed by atoms with Crippen molar-refractivity contribution in [1.29, 1.82) is 0 Å². The van der Waals surface area contributed by atoms with Gasteiger partial charge in [0.05, 0.1) is 0 Å². The minimum atomic E-state index is 0.534. The highest BCUT2D eigenvalue weighted by molar-refractivity contribution is 8.00. The van der Waals surface area contributed by atoms with Gasteiger partial charge in [-0.25, -0.2) is 0 Å². The third-order valence-corrected chi connectivity index (χ3v) is 6.84. The standard InChI is InChI=1S/C14H27NS2/c1-4-17-13-7-5-6-12(13)15-11-8-14(2,3)10-16-9-11/h11-13,15H,4-10H2,1-3H3. The van der Waals surface area contributed by atoms with E-state index in [2.05, 4.69) is 49.6 Å². The molecule has 100 valence electrons. The zero-order valence-electron chi connectivity index (χ0n) is 11.5. The van der Waals surface area contributed by atoms with Gasteiger partial charge in [-0.1, -0.05) is 27.2 Å². The minimum Gasteiger partial charge on any atom is -0.309 e. The molecule has 0 radical (unpaired) electrons. The molecule has 0 aromatic carbocycles. The molecule has 1 N–H and O–H groups in total. The van der Waals surface area contributed by atoms with Crippen molar-refractivity contribution in [2.24, 2.45) is 5.41 Å². The second kappa shape index (κ2) is 6.21. The van der Waals surface area contributed by atoms with Crippen molar-refractivity contribution in [1.82, 2.24) is 5.32 Å². The molecule has 1 nitrogen and oxygen atoms in total. The van der Waals surface area contributed by atoms with Crippen LogP contribution in [-0.2, 0) is 0 Å². The van der Waals surface area contributed by atoms with Crippen LogP contribution in [0.3, 0.4) is 0 Å². The number of hydrogen-bond acceptors (Lipinski definition) is 3. The van der Waals surface area contributed by atoms with Crippen molar-refractivity contribution in [3.63, 3.8) is 0 Å². The fourth-order valence-corrected chi connectivity index (χ4v) is 5.70. The molecule has 1 aliphatic carbocycles. The van der Waals surface area contributed by atoms with Crippen LogP contribution in [0.1, 0.15) is 46.5 Å². The molecule has 1 aliphatic heterocycles. The van der Waals surface area contributed by atoms with Crippen molar-refractivity contribution < 1.29 is 0 Å². The lowest BCUT2D eigenvalue weighted by atomic mass is 9.87. The van der Waals surface area contributed by atoms with Crippen molar-refractivity contribution in [2.45, 2.75) is 63.8 Å². The molecule has 17 heavy (non-hydrogen) atoms. The molecule has 3 unspecified atom stereocenters. The summed E-state index contributed by atoms with van der Waals surface area (Å²) in [4.78, 5) is 0. The van der Waals surface area contributed by atoms with E-state index in [1.54, 1.807) is 0 Å². The maximum absolute atomic E-state index is 3.97. The van der Waals surface area contributed by atoms with Crippen LogP contribution < -0.4 is 5.32 Å². The summed E-state index contributed by atoms with van der Waals surface area (Å²) in [5.74, 6) is 3.93. The molecule has 2 aliphatic rings. The quantitative estimate of drug-likeness (QED) is 0.837. The van der Waals surface area contributed by atoms with Crippen molar-refractivity contribution in [3.05, 3.63) is 0 Å². The zero-order valence-corrected chi connectivity index (χ0v) is 13.1. The molecule has 3 atom stereocenters. The van der Waals surface area contributed by atoms with E-state index in [4.69, 9.17) is 0 Å². The van der Waals surface area contributed by atoms with Crippen LogP contribution in [0.4, 0.5) is 0 Å². The van der Waals surface area contributed by atoms with Gasteiger partial charge < -0.3 is 5.32 Å². The number of thioether (sulfide) groups is 2. The summed E-state index contributed by atoms with van der Waals surface area (Å²) < 4.78 is 0. The van der Waals surface area contributed by atoms with Crippen molar-refractivity contribution >= 4 is 23.5 Å². The van der Waals surface area contributed by atoms with Gasteiger partial charge in [-0.3, -0.25) is 0 Å². The third-order valence-electron chi connectivity index (χ3n) is 3.89. The van der Waals surface area contributed by atoms with Crippen LogP contribution in [0.5, 0.6) is 0 Å². The summed E-state index contributed by atoms with van der Waals surface area (Å²) in [6, 6.07) is 1.55. The van der Waals surface area contributed by atoms with E-state index in [-0.39, 0.29) is 0 Å². The summed E-state index contributed by atoms with van der Waals surface area (Å²) in [6.07, 6.45) is 5.62. The Morgan fingerprint density at radius 2 is 2.18 bits per heavy atom. The maximum atomic E-state index is 3.97. The highest BCUT2D eigenvalue weighted by Crippen LogP contribution is 2.36. The van der Waals surface area contributed by atoms with Gasteiger partial charge in [-0.2, -0.15) is 23.5 Å². The number of hydrogen-bond donors (Lipinski definition) is 1. The summed E-state index contributed by atoms with van der Waals surface area (Å²) in [7, 11) is 0. The second-order valence-corrected chi connectivity index (χ2v) is 8.82. The molecule has 0 aromatic heterocycles. The van der Waals surface area contributed by atoms with Gasteiger partial charge in [0.15, 0.2) is 0 Å². The zero-order chi connectivity index (χ0) is 12.3. The Bertz CT molecular complexity index is 242. The normalized spacial score (nSPS) is 37.2. The fraction of sp³-hybridized carbons (Fsp3) is 1.00. The van der Waals surface area contributed by atoms with Gasteiger partial charge >= 0.3 is 0 Å². The van der Waals surface area contributed by atoms with Crippen LogP contribution in [-0.4, -0.2) is 34.6 Å². The van der Waals surface area contributed by atoms with E-state index in [0.717, 1.165) is 17.3 Å². The minimum absolute atomic E-state index is 0.534. The Kier molecular flexibility index (Phi) is 5.14. The molecular weight excluding hydrogens is 246 g/mol. The lowest BCUT2D eigenvalue weighted by Crippen LogP contribution is -2.47. The van der Waals surface area contributed by atoms with Gasteiger partial charge in [0.25, 0.3) is 0 Å². The molecule has 1 saturated carbocycles. The highest BCUT2D eigenvalue weighted by atomic mass is 32.2. The predicted octanol–water partition coefficient (Wildman–Crippen LogP) is 3.78. The smallest absolute Gasteiger partial charge is 0.0201 e. The second-order valence-electron chi connectivity index (χ2n) is 6.28. The van der Waals surface area contributed by atoms with E-state index in [1.807, 2.05) is 0 Å². The first-order valence-corrected chi connectivity index (χ1v) is 9.26. The first-order valence-electron chi connectivity index (χ1n) is 7.06. The van der Waals surface area contributed by atoms with E-state index in [0.29, 0.717) is 5.41 Å². The topological polar surface area (TPSA) is 12.0 Å². The molecule has 1 saturated heterocycles. The maximum Gasteiger partial charge on any atom is 0.0201 e. The largest absolute Gasteiger partial charge is 0.309 e. The van der Waals surface area contributed by atoms with Crippen LogP contribution in [0.25, 0.3) is 0 Å². The fourth-order valence-electron chi connectivity index (χ4n) is 3.20. The van der Waals surface area contributed by atoms with Crippen LogP contribution >= 0.6 is 23.5 Å². The number of nitrogens with one attached hydrogen (secondary N) is 1. The van der Waals surface area contributed by atoms with Gasteiger partial charge in [0, 0.05) is 23.1 Å². The van der Waals surface area contributed by atoms with Crippen LogP contribution in [0, 0.1) is 5.41 Å². The average molecular weight is 274 g/mol. The predicted molar refractivity (Wildman–Crippen MR) is 82.2 cm³/mol. The summed E-state index contributed by atoms with van der Waals surface area (Å²) in [6.45, 7) is 7.13. The Morgan fingerprint density at radius 1 is 1.35 bits per heavy atom. The van der Waals surface area contributed by atoms with E-state index in [9.17, 15) is 0 Å². The van der Waals surface area contributed by atoms with Crippen molar-refractivity contribution in [2.75, 3.05) is 17.3 Å². The monoisotopic (exact) mass is 273 g/mol. The molecule has 2 rings (SSSR count). The van der Waals surface area contributed by atoms with Crippen LogP contribution in [0.2, 0.25) is 0 Å². The van der Waals surface area contributed by atoms with Gasteiger partial charge in [-0.15, -0.1) is 0 Å². The van der Waals surface area contributed by atoms with E-state index >= 15 is 0 Å². The van der Waals surface area contributed by atoms with Gasteiger partial charge in [-0.05, 0) is 36.2 Å². The average Bonchev–Trinajstić information content (AvgIpc) is 2.65. The first-order chi connectivity index (χ1) is 8.11. The molecular formula is C14H27NS2. The van der Waals surface area contributed by atoms with E-state index in [1.165, 1.54) is 42.9 Å². The third kappa shape index (κ3) is 4.07. The number of rotatable bonds is 4. The van der Waals surface area contributed by atoms with Crippen molar-refractivity contribution in [3.8, 4) is 0 Å². The molecule has 0 spiro atoms. The molecule has 0 amide bonds.